The van der Waals surface area contributed by atoms with Crippen LogP contribution in [-0.2, 0) is 35.5 Å². The number of nitrogens with zero attached hydrogens (tertiary/aromatic N) is 4. The number of benzene rings is 2. The molecule has 2 aliphatic heterocycles. The number of aryl methyl sites for hydroxylation is 6. The van der Waals surface area contributed by atoms with Gasteiger partial charge in [-0.15, -0.1) is 0 Å². The summed E-state index contributed by atoms with van der Waals surface area (Å²) in [5.41, 5.74) is 17.2. The zero-order chi connectivity index (χ0) is 43.1. The van der Waals surface area contributed by atoms with Gasteiger partial charge in [-0.2, -0.15) is 9.13 Å². The number of hydrogen-bond donors (Lipinski definition) is 4. The Morgan fingerprint density at radius 3 is 1.42 bits per heavy atom. The van der Waals surface area contributed by atoms with Gasteiger partial charge in [0.05, 0.1) is 22.8 Å². The summed E-state index contributed by atoms with van der Waals surface area (Å²) in [7, 11) is 0. The van der Waals surface area contributed by atoms with E-state index in [4.69, 9.17) is 9.97 Å². The van der Waals surface area contributed by atoms with E-state index in [2.05, 4.69) is 136 Å². The quantitative estimate of drug-likeness (QED) is 0.0906. The molecule has 0 radical (unpaired) electrons. The van der Waals surface area contributed by atoms with Gasteiger partial charge < -0.3 is 20.2 Å². The third-order valence-electron chi connectivity index (χ3n) is 12.8. The minimum atomic E-state index is -0.884. The Hall–Kier alpha value is -7.20. The number of carboxylic acids is 2. The van der Waals surface area contributed by atoms with Crippen LogP contribution < -0.4 is 9.13 Å². The van der Waals surface area contributed by atoms with E-state index in [0.29, 0.717) is 24.2 Å². The molecular weight excluding hydrogens is 773 g/mol. The fourth-order valence-electron chi connectivity index (χ4n) is 9.25. The summed E-state index contributed by atoms with van der Waals surface area (Å²) in [5, 5.41) is 21.9. The van der Waals surface area contributed by atoms with Gasteiger partial charge in [-0.05, 0) is 134 Å². The van der Waals surface area contributed by atoms with Crippen LogP contribution in [-0.4, -0.2) is 42.1 Å². The fourth-order valence-corrected chi connectivity index (χ4v) is 9.25. The Balaban J connectivity index is 1.28. The van der Waals surface area contributed by atoms with Crippen LogP contribution in [0.2, 0.25) is 0 Å². The molecule has 0 saturated heterocycles. The minimum Gasteiger partial charge on any atom is -0.481 e. The molecule has 0 fully saturated rings. The van der Waals surface area contributed by atoms with Gasteiger partial charge in [-0.25, -0.2) is 9.97 Å². The summed E-state index contributed by atoms with van der Waals surface area (Å²) in [6.07, 6.45) is 6.32. The number of nitrogens with one attached hydrogen (secondary N) is 2. The molecule has 5 aromatic heterocycles. The summed E-state index contributed by atoms with van der Waals surface area (Å²) >= 11 is 0. The first-order valence-corrected chi connectivity index (χ1v) is 21.3. The molecule has 62 heavy (non-hydrogen) atoms. The SMILES string of the molecule is CC1=C(CCC(=O)O)c2cc3nc(cc4[nH]c(cc5[nH]c(cc1n2)c(C)c5CC[n+]1cccc2ccccc21)c(C)c4CC[n+]1cccc2ccccc21)C(C)=C3CCC(=O)O. The van der Waals surface area contributed by atoms with Crippen molar-refractivity contribution in [1.29, 1.82) is 0 Å². The van der Waals surface area contributed by atoms with Gasteiger partial charge in [0.1, 0.15) is 0 Å². The van der Waals surface area contributed by atoms with Crippen LogP contribution in [0.5, 0.6) is 0 Å². The second-order valence-electron chi connectivity index (χ2n) is 16.5. The van der Waals surface area contributed by atoms with Crippen molar-refractivity contribution in [2.75, 3.05) is 0 Å². The van der Waals surface area contributed by atoms with E-state index in [0.717, 1.165) is 92.8 Å². The summed E-state index contributed by atoms with van der Waals surface area (Å²) in [6.45, 7) is 9.89. The molecule has 0 atom stereocenters. The standard InChI is InChI=1S/C52H48N6O4/c1-31-37(17-19-51(59)60)47-30-48-38(18-20-52(61)62)32(2)43(56-48)28-46-40(22-26-58-24-10-14-36-12-6-8-16-50(36)58)34(4)44(55-46)29-45-39(33(3)42(53-45)27-41(31)54-47)21-25-57-23-9-13-35-11-5-7-15-49(35)57/h5-16,23-24,27-30H,17-22,25-26H2,1-4H3,(H2-2,53,54,55,56,59,60,61,62)/p+2. The summed E-state index contributed by atoms with van der Waals surface area (Å²) in [5.74, 6) is -1.77. The molecule has 2 aliphatic rings. The van der Waals surface area contributed by atoms with Crippen molar-refractivity contribution in [1.82, 2.24) is 19.9 Å². The van der Waals surface area contributed by atoms with E-state index in [-0.39, 0.29) is 12.8 Å². The first-order valence-electron chi connectivity index (χ1n) is 21.3. The lowest BCUT2D eigenvalue weighted by atomic mass is 9.98. The monoisotopic (exact) mass is 822 g/mol. The van der Waals surface area contributed by atoms with Gasteiger partial charge in [0, 0.05) is 82.8 Å². The van der Waals surface area contributed by atoms with Crippen molar-refractivity contribution in [3.63, 3.8) is 0 Å². The maximum Gasteiger partial charge on any atom is 0.303 e. The lowest BCUT2D eigenvalue weighted by molar-refractivity contribution is -0.671. The predicted octanol–water partition coefficient (Wildman–Crippen LogP) is 9.89. The number of pyridine rings is 2. The zero-order valence-corrected chi connectivity index (χ0v) is 35.5. The smallest absolute Gasteiger partial charge is 0.303 e. The molecule has 10 nitrogen and oxygen atoms in total. The molecule has 8 bridgehead atoms. The third kappa shape index (κ3) is 7.80. The van der Waals surface area contributed by atoms with Crippen LogP contribution in [0.1, 0.15) is 84.6 Å². The maximum atomic E-state index is 11.9. The van der Waals surface area contributed by atoms with Crippen molar-refractivity contribution >= 4 is 78.1 Å². The van der Waals surface area contributed by atoms with Crippen LogP contribution in [0.15, 0.2) is 109 Å². The summed E-state index contributed by atoms with van der Waals surface area (Å²) in [6, 6.07) is 33.7. The Kier molecular flexibility index (Phi) is 10.8. The van der Waals surface area contributed by atoms with Crippen LogP contribution in [0.25, 0.3) is 66.2 Å². The van der Waals surface area contributed by atoms with Crippen LogP contribution in [0, 0.1) is 13.8 Å². The highest BCUT2D eigenvalue weighted by Crippen LogP contribution is 2.38. The highest BCUT2D eigenvalue weighted by Gasteiger charge is 2.24. The van der Waals surface area contributed by atoms with E-state index in [9.17, 15) is 19.8 Å². The molecule has 10 heteroatoms. The van der Waals surface area contributed by atoms with Crippen LogP contribution >= 0.6 is 0 Å². The molecule has 7 aromatic rings. The number of carbonyl (C=O) groups is 2. The van der Waals surface area contributed by atoms with Gasteiger partial charge >= 0.3 is 11.9 Å². The molecule has 7 heterocycles. The molecule has 9 rings (SSSR count). The number of allylic oxidation sites excluding steroid dienone is 4. The molecule has 310 valence electrons. The normalized spacial score (nSPS) is 12.8. The van der Waals surface area contributed by atoms with E-state index < -0.39 is 11.9 Å². The molecule has 0 unspecified atom stereocenters. The number of aliphatic carboxylic acids is 2. The number of hydrogen-bond acceptors (Lipinski definition) is 4. The Morgan fingerprint density at radius 1 is 0.516 bits per heavy atom. The Labute approximate surface area is 359 Å². The second-order valence-corrected chi connectivity index (χ2v) is 16.5. The summed E-state index contributed by atoms with van der Waals surface area (Å²) in [4.78, 5) is 41.8. The van der Waals surface area contributed by atoms with E-state index in [1.165, 1.54) is 32.9 Å². The molecule has 4 N–H and O–H groups in total. The third-order valence-corrected chi connectivity index (χ3v) is 12.8. The molecule has 0 aliphatic carbocycles. The van der Waals surface area contributed by atoms with Gasteiger partial charge in [0.2, 0.25) is 11.0 Å². The number of aromatic nitrogens is 6. The van der Waals surface area contributed by atoms with Gasteiger partial charge in [-0.1, -0.05) is 24.3 Å². The van der Waals surface area contributed by atoms with E-state index >= 15 is 0 Å². The fraction of sp³-hybridized carbons (Fsp3) is 0.231. The summed E-state index contributed by atoms with van der Waals surface area (Å²) < 4.78 is 4.62. The van der Waals surface area contributed by atoms with Crippen molar-refractivity contribution in [3.05, 3.63) is 154 Å². The van der Waals surface area contributed by atoms with Gasteiger partial charge in [0.15, 0.2) is 25.5 Å². The van der Waals surface area contributed by atoms with Crippen molar-refractivity contribution < 1.29 is 28.9 Å². The Bertz CT molecular complexity index is 3200. The highest BCUT2D eigenvalue weighted by atomic mass is 16.4. The van der Waals surface area contributed by atoms with E-state index in [1.807, 2.05) is 19.9 Å². The average molecular weight is 823 g/mol. The first kappa shape index (κ1) is 40.2. The van der Waals surface area contributed by atoms with Crippen LogP contribution in [0.4, 0.5) is 0 Å². The predicted molar refractivity (Wildman–Crippen MR) is 245 cm³/mol. The van der Waals surface area contributed by atoms with Gasteiger partial charge in [0.25, 0.3) is 0 Å². The molecule has 2 aromatic carbocycles. The zero-order valence-electron chi connectivity index (χ0n) is 35.5. The van der Waals surface area contributed by atoms with Crippen molar-refractivity contribution in [2.24, 2.45) is 0 Å². The second kappa shape index (κ2) is 16.7. The van der Waals surface area contributed by atoms with Gasteiger partial charge in [-0.3, -0.25) is 9.59 Å². The molecule has 0 saturated carbocycles. The lowest BCUT2D eigenvalue weighted by Gasteiger charge is -2.05. The Morgan fingerprint density at radius 2 is 0.935 bits per heavy atom. The molecule has 0 amide bonds. The lowest BCUT2D eigenvalue weighted by Crippen LogP contribution is -2.35. The highest BCUT2D eigenvalue weighted by molar-refractivity contribution is 5.96. The minimum absolute atomic E-state index is 0.0457. The van der Waals surface area contributed by atoms with E-state index in [1.54, 1.807) is 0 Å². The van der Waals surface area contributed by atoms with Crippen molar-refractivity contribution in [2.45, 2.75) is 79.3 Å². The molecule has 0 spiro atoms. The van der Waals surface area contributed by atoms with Crippen molar-refractivity contribution in [3.8, 4) is 0 Å². The average Bonchev–Trinajstić information content (AvgIpc) is 3.92. The number of carboxylic acid groups (broad SMARTS) is 2. The maximum absolute atomic E-state index is 11.9. The number of aromatic amines is 2. The number of rotatable bonds is 12. The first-order chi connectivity index (χ1) is 30.0. The number of H-pyrrole nitrogens is 2. The number of para-hydroxylation sites is 2. The van der Waals surface area contributed by atoms with Crippen LogP contribution in [0.3, 0.4) is 0 Å². The number of fused-ring (bicyclic) bond motifs is 10. The largest absolute Gasteiger partial charge is 0.481 e. The topological polar surface area (TPSA) is 140 Å². The molecular formula is C52H50N6O4+2.